The van der Waals surface area contributed by atoms with Crippen LogP contribution in [0, 0.1) is 0 Å². The SMILES string of the molecule is CCC(C)(NC(=O)c1ccc(N)cn1)C(=O)O. The molecule has 0 aliphatic carbocycles. The summed E-state index contributed by atoms with van der Waals surface area (Å²) in [5, 5.41) is 11.5. The van der Waals surface area contributed by atoms with Gasteiger partial charge in [-0.05, 0) is 25.5 Å². The molecule has 0 saturated heterocycles. The molecule has 0 saturated carbocycles. The summed E-state index contributed by atoms with van der Waals surface area (Å²) < 4.78 is 0. The van der Waals surface area contributed by atoms with Crippen LogP contribution < -0.4 is 11.1 Å². The molecule has 92 valence electrons. The topological polar surface area (TPSA) is 105 Å². The molecule has 0 radical (unpaired) electrons. The van der Waals surface area contributed by atoms with E-state index >= 15 is 0 Å². The minimum atomic E-state index is -1.29. The van der Waals surface area contributed by atoms with Crippen molar-refractivity contribution < 1.29 is 14.7 Å². The largest absolute Gasteiger partial charge is 0.480 e. The first-order valence-electron chi connectivity index (χ1n) is 5.16. The van der Waals surface area contributed by atoms with Gasteiger partial charge < -0.3 is 16.2 Å². The number of nitrogens with zero attached hydrogens (tertiary/aromatic N) is 1. The highest BCUT2D eigenvalue weighted by Crippen LogP contribution is 2.11. The second-order valence-electron chi connectivity index (χ2n) is 3.92. The minimum Gasteiger partial charge on any atom is -0.480 e. The van der Waals surface area contributed by atoms with Crippen LogP contribution in [0.15, 0.2) is 18.3 Å². The zero-order valence-corrected chi connectivity index (χ0v) is 9.73. The number of aromatic nitrogens is 1. The number of rotatable bonds is 4. The average molecular weight is 237 g/mol. The second-order valence-corrected chi connectivity index (χ2v) is 3.92. The molecule has 0 bridgehead atoms. The molecule has 0 fully saturated rings. The zero-order valence-electron chi connectivity index (χ0n) is 9.73. The van der Waals surface area contributed by atoms with E-state index < -0.39 is 17.4 Å². The fourth-order valence-electron chi connectivity index (χ4n) is 1.15. The molecule has 1 rings (SSSR count). The van der Waals surface area contributed by atoms with Crippen molar-refractivity contribution in [3.63, 3.8) is 0 Å². The lowest BCUT2D eigenvalue weighted by molar-refractivity contribution is -0.143. The number of carboxylic acids is 1. The van der Waals surface area contributed by atoms with Crippen molar-refractivity contribution in [2.45, 2.75) is 25.8 Å². The van der Waals surface area contributed by atoms with Gasteiger partial charge in [-0.1, -0.05) is 6.92 Å². The maximum atomic E-state index is 11.8. The van der Waals surface area contributed by atoms with E-state index in [0.717, 1.165) is 0 Å². The Bertz CT molecular complexity index is 430. The number of carbonyl (C=O) groups is 2. The summed E-state index contributed by atoms with van der Waals surface area (Å²) in [6.45, 7) is 3.13. The Hall–Kier alpha value is -2.11. The normalized spacial score (nSPS) is 13.8. The standard InChI is InChI=1S/C11H15N3O3/c1-3-11(2,10(16)17)14-9(15)8-5-4-7(12)6-13-8/h4-6H,3,12H2,1-2H3,(H,14,15)(H,16,17). The van der Waals surface area contributed by atoms with Gasteiger partial charge in [0.05, 0.1) is 11.9 Å². The van der Waals surface area contributed by atoms with Crippen molar-refractivity contribution in [1.82, 2.24) is 10.3 Å². The van der Waals surface area contributed by atoms with Gasteiger partial charge in [0, 0.05) is 0 Å². The molecular formula is C11H15N3O3. The lowest BCUT2D eigenvalue weighted by atomic mass is 9.99. The molecule has 1 amide bonds. The number of nitrogens with one attached hydrogen (secondary N) is 1. The number of anilines is 1. The highest BCUT2D eigenvalue weighted by molar-refractivity contribution is 5.96. The fraction of sp³-hybridized carbons (Fsp3) is 0.364. The third-order valence-electron chi connectivity index (χ3n) is 2.59. The van der Waals surface area contributed by atoms with Crippen LogP contribution in [0.2, 0.25) is 0 Å². The Morgan fingerprint density at radius 1 is 1.53 bits per heavy atom. The fourth-order valence-corrected chi connectivity index (χ4v) is 1.15. The first kappa shape index (κ1) is 13.0. The number of pyridine rings is 1. The van der Waals surface area contributed by atoms with Crippen LogP contribution in [0.5, 0.6) is 0 Å². The molecule has 1 unspecified atom stereocenters. The second kappa shape index (κ2) is 4.82. The van der Waals surface area contributed by atoms with Gasteiger partial charge in [-0.3, -0.25) is 4.79 Å². The predicted octanol–water partition coefficient (Wildman–Crippen LogP) is 0.647. The maximum absolute atomic E-state index is 11.8. The Morgan fingerprint density at radius 2 is 2.18 bits per heavy atom. The van der Waals surface area contributed by atoms with Crippen LogP contribution in [-0.2, 0) is 4.79 Å². The van der Waals surface area contributed by atoms with Crippen molar-refractivity contribution in [1.29, 1.82) is 0 Å². The van der Waals surface area contributed by atoms with Gasteiger partial charge in [0.25, 0.3) is 5.91 Å². The van der Waals surface area contributed by atoms with E-state index in [1.165, 1.54) is 25.3 Å². The van der Waals surface area contributed by atoms with Gasteiger partial charge in [0.1, 0.15) is 11.2 Å². The molecular weight excluding hydrogens is 222 g/mol. The molecule has 1 heterocycles. The van der Waals surface area contributed by atoms with Crippen LogP contribution in [-0.4, -0.2) is 27.5 Å². The van der Waals surface area contributed by atoms with Crippen LogP contribution >= 0.6 is 0 Å². The number of nitrogen functional groups attached to an aromatic ring is 1. The summed E-state index contributed by atoms with van der Waals surface area (Å²) in [5.41, 5.74) is 4.73. The molecule has 0 spiro atoms. The molecule has 0 aromatic carbocycles. The average Bonchev–Trinajstić information content (AvgIpc) is 2.29. The van der Waals surface area contributed by atoms with Crippen molar-refractivity contribution in [2.24, 2.45) is 0 Å². The Labute approximate surface area is 98.8 Å². The Kier molecular flexibility index (Phi) is 3.67. The Balaban J connectivity index is 2.85. The van der Waals surface area contributed by atoms with Crippen molar-refractivity contribution in [2.75, 3.05) is 5.73 Å². The summed E-state index contributed by atoms with van der Waals surface area (Å²) in [6, 6.07) is 2.98. The molecule has 0 aliphatic heterocycles. The number of amides is 1. The third kappa shape index (κ3) is 2.93. The highest BCUT2D eigenvalue weighted by Gasteiger charge is 2.33. The number of hydrogen-bond donors (Lipinski definition) is 3. The number of hydrogen-bond acceptors (Lipinski definition) is 4. The molecule has 1 aromatic heterocycles. The first-order valence-corrected chi connectivity index (χ1v) is 5.16. The maximum Gasteiger partial charge on any atom is 0.329 e. The molecule has 17 heavy (non-hydrogen) atoms. The smallest absolute Gasteiger partial charge is 0.329 e. The minimum absolute atomic E-state index is 0.139. The summed E-state index contributed by atoms with van der Waals surface area (Å²) in [7, 11) is 0. The number of aliphatic carboxylic acids is 1. The van der Waals surface area contributed by atoms with Gasteiger partial charge >= 0.3 is 5.97 Å². The Morgan fingerprint density at radius 3 is 2.59 bits per heavy atom. The lowest BCUT2D eigenvalue weighted by Crippen LogP contribution is -2.51. The quantitative estimate of drug-likeness (QED) is 0.712. The van der Waals surface area contributed by atoms with Crippen molar-refractivity contribution in [3.05, 3.63) is 24.0 Å². The van der Waals surface area contributed by atoms with Crippen LogP contribution in [0.4, 0.5) is 5.69 Å². The van der Waals surface area contributed by atoms with Crippen LogP contribution in [0.3, 0.4) is 0 Å². The highest BCUT2D eigenvalue weighted by atomic mass is 16.4. The van der Waals surface area contributed by atoms with E-state index in [4.69, 9.17) is 10.8 Å². The number of carboxylic acid groups (broad SMARTS) is 1. The monoisotopic (exact) mass is 237 g/mol. The van der Waals surface area contributed by atoms with Crippen molar-refractivity contribution in [3.8, 4) is 0 Å². The third-order valence-corrected chi connectivity index (χ3v) is 2.59. The summed E-state index contributed by atoms with van der Waals surface area (Å²) in [6.07, 6.45) is 1.63. The molecule has 6 heteroatoms. The van der Waals surface area contributed by atoms with Gasteiger partial charge in [-0.2, -0.15) is 0 Å². The van der Waals surface area contributed by atoms with E-state index in [0.29, 0.717) is 5.69 Å². The van der Waals surface area contributed by atoms with E-state index in [-0.39, 0.29) is 12.1 Å². The van der Waals surface area contributed by atoms with Gasteiger partial charge in [0.15, 0.2) is 0 Å². The molecule has 0 aliphatic rings. The number of nitrogens with two attached hydrogens (primary N) is 1. The lowest BCUT2D eigenvalue weighted by Gasteiger charge is -2.24. The molecule has 1 aromatic rings. The van der Waals surface area contributed by atoms with Gasteiger partial charge in [-0.25, -0.2) is 9.78 Å². The van der Waals surface area contributed by atoms with Crippen LogP contribution in [0.25, 0.3) is 0 Å². The number of carbonyl (C=O) groups excluding carboxylic acids is 1. The summed E-state index contributed by atoms with van der Waals surface area (Å²) >= 11 is 0. The van der Waals surface area contributed by atoms with Crippen LogP contribution in [0.1, 0.15) is 30.8 Å². The predicted molar refractivity (Wildman–Crippen MR) is 62.4 cm³/mol. The molecule has 1 atom stereocenters. The van der Waals surface area contributed by atoms with Gasteiger partial charge in [-0.15, -0.1) is 0 Å². The van der Waals surface area contributed by atoms with E-state index in [1.54, 1.807) is 6.92 Å². The van der Waals surface area contributed by atoms with E-state index in [1.807, 2.05) is 0 Å². The molecule has 4 N–H and O–H groups in total. The van der Waals surface area contributed by atoms with E-state index in [2.05, 4.69) is 10.3 Å². The summed E-state index contributed by atoms with van der Waals surface area (Å²) in [5.74, 6) is -1.61. The van der Waals surface area contributed by atoms with Crippen molar-refractivity contribution >= 4 is 17.6 Å². The molecule has 6 nitrogen and oxygen atoms in total. The zero-order chi connectivity index (χ0) is 13.1. The van der Waals surface area contributed by atoms with E-state index in [9.17, 15) is 9.59 Å². The first-order chi connectivity index (χ1) is 7.89. The van der Waals surface area contributed by atoms with Gasteiger partial charge in [0.2, 0.25) is 0 Å². The summed E-state index contributed by atoms with van der Waals surface area (Å²) in [4.78, 5) is 26.6.